The number of aromatic nitrogens is 2. The second kappa shape index (κ2) is 5.85. The van der Waals surface area contributed by atoms with Gasteiger partial charge in [-0.1, -0.05) is 20.3 Å². The molecule has 1 fully saturated rings. The third-order valence-corrected chi connectivity index (χ3v) is 3.93. The Bertz CT molecular complexity index is 386. The van der Waals surface area contributed by atoms with Gasteiger partial charge in [-0.2, -0.15) is 5.10 Å². The van der Waals surface area contributed by atoms with Crippen LogP contribution in [0.2, 0.25) is 0 Å². The van der Waals surface area contributed by atoms with Crippen LogP contribution >= 0.6 is 0 Å². The number of aryl methyl sites for hydroxylation is 1. The lowest BCUT2D eigenvalue weighted by atomic mass is 10.0. The molecule has 1 heterocycles. The predicted octanol–water partition coefficient (Wildman–Crippen LogP) is 1.79. The van der Waals surface area contributed by atoms with Gasteiger partial charge in [-0.25, -0.2) is 0 Å². The molecule has 0 bridgehead atoms. The second-order valence-corrected chi connectivity index (χ2v) is 5.73. The number of aliphatic hydroxyl groups excluding tert-OH is 1. The van der Waals surface area contributed by atoms with Gasteiger partial charge in [0.2, 0.25) is 0 Å². The summed E-state index contributed by atoms with van der Waals surface area (Å²) in [6.07, 6.45) is 5.67. The van der Waals surface area contributed by atoms with Gasteiger partial charge in [0.05, 0.1) is 5.69 Å². The maximum absolute atomic E-state index is 9.32. The highest BCUT2D eigenvalue weighted by molar-refractivity contribution is 5.20. The normalized spacial score (nSPS) is 24.1. The van der Waals surface area contributed by atoms with Crippen LogP contribution < -0.4 is 5.32 Å². The molecule has 1 aromatic heterocycles. The van der Waals surface area contributed by atoms with Gasteiger partial charge in [0, 0.05) is 38.0 Å². The lowest BCUT2D eigenvalue weighted by Crippen LogP contribution is -2.33. The predicted molar refractivity (Wildman–Crippen MR) is 72.4 cm³/mol. The van der Waals surface area contributed by atoms with Crippen molar-refractivity contribution in [3.05, 3.63) is 17.5 Å². The number of hydrogen-bond acceptors (Lipinski definition) is 3. The first kappa shape index (κ1) is 13.6. The molecular weight excluding hydrogens is 226 g/mol. The minimum atomic E-state index is 0.307. The first-order chi connectivity index (χ1) is 8.61. The molecule has 0 radical (unpaired) electrons. The highest BCUT2D eigenvalue weighted by Gasteiger charge is 2.26. The molecular formula is C14H25N3O. The fraction of sp³-hybridized carbons (Fsp3) is 0.786. The lowest BCUT2D eigenvalue weighted by Gasteiger charge is -2.19. The van der Waals surface area contributed by atoms with Gasteiger partial charge in [0.1, 0.15) is 0 Å². The molecule has 2 atom stereocenters. The molecule has 4 heteroatoms. The molecule has 1 aromatic rings. The average Bonchev–Trinajstić information content (AvgIpc) is 2.91. The third-order valence-electron chi connectivity index (χ3n) is 3.93. The van der Waals surface area contributed by atoms with E-state index in [-0.39, 0.29) is 0 Å². The first-order valence-electron chi connectivity index (χ1n) is 6.98. The summed E-state index contributed by atoms with van der Waals surface area (Å²) < 4.78 is 1.89. The Morgan fingerprint density at radius 2 is 2.28 bits per heavy atom. The van der Waals surface area contributed by atoms with Crippen LogP contribution in [0.15, 0.2) is 6.20 Å². The molecule has 0 aliphatic heterocycles. The standard InChI is InChI=1S/C14H25N3O/c1-10(2)14-12(8-17(3)16-14)7-15-13-6-4-5-11(13)9-18/h8,10-11,13,15,18H,4-7,9H2,1-3H3. The van der Waals surface area contributed by atoms with Gasteiger partial charge in [-0.15, -0.1) is 0 Å². The zero-order valence-corrected chi connectivity index (χ0v) is 11.7. The van der Waals surface area contributed by atoms with Crippen LogP contribution in [0.1, 0.15) is 50.3 Å². The Morgan fingerprint density at radius 3 is 2.94 bits per heavy atom. The van der Waals surface area contributed by atoms with E-state index in [1.165, 1.54) is 24.1 Å². The van der Waals surface area contributed by atoms with Crippen molar-refractivity contribution in [3.63, 3.8) is 0 Å². The van der Waals surface area contributed by atoms with Gasteiger partial charge in [0.15, 0.2) is 0 Å². The van der Waals surface area contributed by atoms with Crippen LogP contribution in [-0.2, 0) is 13.6 Å². The van der Waals surface area contributed by atoms with Crippen LogP contribution in [0.3, 0.4) is 0 Å². The van der Waals surface area contributed by atoms with E-state index in [0.29, 0.717) is 24.5 Å². The maximum Gasteiger partial charge on any atom is 0.0694 e. The Labute approximate surface area is 109 Å². The van der Waals surface area contributed by atoms with E-state index in [4.69, 9.17) is 0 Å². The lowest BCUT2D eigenvalue weighted by molar-refractivity contribution is 0.205. The van der Waals surface area contributed by atoms with E-state index in [2.05, 4.69) is 30.5 Å². The third kappa shape index (κ3) is 2.93. The topological polar surface area (TPSA) is 50.1 Å². The van der Waals surface area contributed by atoms with Gasteiger partial charge in [-0.3, -0.25) is 4.68 Å². The van der Waals surface area contributed by atoms with E-state index in [1.54, 1.807) is 0 Å². The van der Waals surface area contributed by atoms with Crippen molar-refractivity contribution in [2.75, 3.05) is 6.61 Å². The minimum Gasteiger partial charge on any atom is -0.396 e. The van der Waals surface area contributed by atoms with Crippen molar-refractivity contribution in [1.29, 1.82) is 0 Å². The van der Waals surface area contributed by atoms with Crippen molar-refractivity contribution in [1.82, 2.24) is 15.1 Å². The molecule has 2 unspecified atom stereocenters. The van der Waals surface area contributed by atoms with Crippen LogP contribution in [0.4, 0.5) is 0 Å². The summed E-state index contributed by atoms with van der Waals surface area (Å²) in [5.41, 5.74) is 2.47. The Balaban J connectivity index is 1.97. The fourth-order valence-electron chi connectivity index (χ4n) is 2.94. The summed E-state index contributed by atoms with van der Waals surface area (Å²) in [4.78, 5) is 0. The molecule has 102 valence electrons. The highest BCUT2D eigenvalue weighted by Crippen LogP contribution is 2.26. The van der Waals surface area contributed by atoms with E-state index in [1.807, 2.05) is 11.7 Å². The van der Waals surface area contributed by atoms with Gasteiger partial charge >= 0.3 is 0 Å². The molecule has 0 amide bonds. The minimum absolute atomic E-state index is 0.307. The smallest absolute Gasteiger partial charge is 0.0694 e. The molecule has 0 saturated heterocycles. The Hall–Kier alpha value is -0.870. The van der Waals surface area contributed by atoms with Crippen LogP contribution in [0, 0.1) is 5.92 Å². The number of aliphatic hydroxyl groups is 1. The number of nitrogens with zero attached hydrogens (tertiary/aromatic N) is 2. The molecule has 4 nitrogen and oxygen atoms in total. The van der Waals surface area contributed by atoms with E-state index in [0.717, 1.165) is 13.0 Å². The van der Waals surface area contributed by atoms with Crippen molar-refractivity contribution < 1.29 is 5.11 Å². The highest BCUT2D eigenvalue weighted by atomic mass is 16.3. The van der Waals surface area contributed by atoms with Gasteiger partial charge in [0.25, 0.3) is 0 Å². The van der Waals surface area contributed by atoms with Crippen LogP contribution in [-0.4, -0.2) is 27.5 Å². The molecule has 0 spiro atoms. The quantitative estimate of drug-likeness (QED) is 0.839. The molecule has 1 saturated carbocycles. The van der Waals surface area contributed by atoms with Gasteiger partial charge < -0.3 is 10.4 Å². The first-order valence-corrected chi connectivity index (χ1v) is 6.98. The van der Waals surface area contributed by atoms with E-state index in [9.17, 15) is 5.11 Å². The number of hydrogen-bond donors (Lipinski definition) is 2. The molecule has 1 aliphatic rings. The van der Waals surface area contributed by atoms with Crippen LogP contribution in [0.25, 0.3) is 0 Å². The summed E-state index contributed by atoms with van der Waals surface area (Å²) >= 11 is 0. The van der Waals surface area contributed by atoms with Gasteiger partial charge in [-0.05, 0) is 24.7 Å². The molecule has 18 heavy (non-hydrogen) atoms. The fourth-order valence-corrected chi connectivity index (χ4v) is 2.94. The maximum atomic E-state index is 9.32. The van der Waals surface area contributed by atoms with Crippen molar-refractivity contribution in [3.8, 4) is 0 Å². The summed E-state index contributed by atoms with van der Waals surface area (Å²) in [7, 11) is 1.97. The summed E-state index contributed by atoms with van der Waals surface area (Å²) in [6, 6.07) is 0.468. The van der Waals surface area contributed by atoms with E-state index >= 15 is 0 Å². The average molecular weight is 251 g/mol. The molecule has 1 aliphatic carbocycles. The van der Waals surface area contributed by atoms with Crippen molar-refractivity contribution in [2.45, 2.75) is 51.6 Å². The summed E-state index contributed by atoms with van der Waals surface area (Å²) in [6.45, 7) is 5.53. The molecule has 2 N–H and O–H groups in total. The monoisotopic (exact) mass is 251 g/mol. The second-order valence-electron chi connectivity index (χ2n) is 5.73. The summed E-state index contributed by atoms with van der Waals surface area (Å²) in [5.74, 6) is 0.893. The summed E-state index contributed by atoms with van der Waals surface area (Å²) in [5, 5.41) is 17.4. The van der Waals surface area contributed by atoms with E-state index < -0.39 is 0 Å². The number of nitrogens with one attached hydrogen (secondary N) is 1. The van der Waals surface area contributed by atoms with Crippen LogP contribution in [0.5, 0.6) is 0 Å². The zero-order valence-electron chi connectivity index (χ0n) is 11.7. The largest absolute Gasteiger partial charge is 0.396 e. The Morgan fingerprint density at radius 1 is 1.50 bits per heavy atom. The van der Waals surface area contributed by atoms with Crippen molar-refractivity contribution >= 4 is 0 Å². The zero-order chi connectivity index (χ0) is 13.1. The van der Waals surface area contributed by atoms with Crippen molar-refractivity contribution in [2.24, 2.45) is 13.0 Å². The molecule has 2 rings (SSSR count). The SMILES string of the molecule is CC(C)c1nn(C)cc1CNC1CCCC1CO. The Kier molecular flexibility index (Phi) is 4.40. The number of rotatable bonds is 5. The molecule has 0 aromatic carbocycles.